The predicted molar refractivity (Wildman–Crippen MR) is 69.2 cm³/mol. The molecule has 0 aliphatic carbocycles. The molecule has 1 saturated heterocycles. The van der Waals surface area contributed by atoms with Crippen molar-refractivity contribution < 1.29 is 23.1 Å². The second-order valence-electron chi connectivity index (χ2n) is 5.17. The minimum absolute atomic E-state index is 0.00446. The van der Waals surface area contributed by atoms with Gasteiger partial charge in [-0.1, -0.05) is 0 Å². The van der Waals surface area contributed by atoms with Crippen LogP contribution in [0.3, 0.4) is 0 Å². The summed E-state index contributed by atoms with van der Waals surface area (Å²) in [4.78, 5) is 15.5. The molecule has 1 heterocycles. The highest BCUT2D eigenvalue weighted by Gasteiger charge is 2.44. The summed E-state index contributed by atoms with van der Waals surface area (Å²) in [5, 5.41) is 9.22. The molecule has 0 spiro atoms. The highest BCUT2D eigenvalue weighted by atomic mass is 19.4. The second-order valence-corrected chi connectivity index (χ2v) is 5.17. The van der Waals surface area contributed by atoms with Gasteiger partial charge < -0.3 is 10.0 Å². The number of carbonyl (C=O) groups excluding carboxylic acids is 1. The maximum Gasteiger partial charge on any atom is 0.414 e. The predicted octanol–water partition coefficient (Wildman–Crippen LogP) is 1.49. The van der Waals surface area contributed by atoms with Crippen molar-refractivity contribution in [1.29, 1.82) is 0 Å². The smallest absolute Gasteiger partial charge is 0.383 e. The Labute approximate surface area is 117 Å². The fourth-order valence-electron chi connectivity index (χ4n) is 2.56. The molecule has 0 saturated carbocycles. The molecule has 0 aromatic carbocycles. The number of hydrogen-bond donors (Lipinski definition) is 1. The van der Waals surface area contributed by atoms with Crippen LogP contribution in [0.4, 0.5) is 13.2 Å². The van der Waals surface area contributed by atoms with E-state index in [1.54, 1.807) is 4.90 Å². The molecule has 1 aliphatic heterocycles. The lowest BCUT2D eigenvalue weighted by Gasteiger charge is -2.35. The molecule has 1 amide bonds. The van der Waals surface area contributed by atoms with Crippen molar-refractivity contribution in [2.75, 3.05) is 32.7 Å². The second kappa shape index (κ2) is 7.26. The van der Waals surface area contributed by atoms with Crippen molar-refractivity contribution in [3.8, 4) is 0 Å². The topological polar surface area (TPSA) is 43.8 Å². The van der Waals surface area contributed by atoms with Gasteiger partial charge in [0, 0.05) is 13.1 Å². The average Bonchev–Trinajstić information content (AvgIpc) is 2.39. The van der Waals surface area contributed by atoms with E-state index in [4.69, 9.17) is 0 Å². The lowest BCUT2D eigenvalue weighted by Crippen LogP contribution is -2.46. The molecule has 1 rings (SSSR count). The van der Waals surface area contributed by atoms with Crippen LogP contribution in [0.5, 0.6) is 0 Å². The molecule has 4 nitrogen and oxygen atoms in total. The van der Waals surface area contributed by atoms with Crippen molar-refractivity contribution in [1.82, 2.24) is 9.80 Å². The molecule has 0 bridgehead atoms. The van der Waals surface area contributed by atoms with Gasteiger partial charge in [-0.15, -0.1) is 0 Å². The molecule has 1 fully saturated rings. The Kier molecular flexibility index (Phi) is 6.26. The van der Waals surface area contributed by atoms with E-state index in [1.165, 1.54) is 0 Å². The molecule has 118 valence electrons. The first-order valence-corrected chi connectivity index (χ1v) is 7.04. The average molecular weight is 296 g/mol. The van der Waals surface area contributed by atoms with Crippen LogP contribution in [0.15, 0.2) is 0 Å². The Bertz CT molecular complexity index is 311. The number of nitrogens with zero attached hydrogens (tertiary/aromatic N) is 2. The fourth-order valence-corrected chi connectivity index (χ4v) is 2.56. The SMILES string of the molecule is CCN(CC)C(=O)CN1CCC(C(O)C(F)(F)F)CC1. The normalized spacial score (nSPS) is 19.9. The van der Waals surface area contributed by atoms with Gasteiger partial charge in [-0.2, -0.15) is 13.2 Å². The van der Waals surface area contributed by atoms with Crippen LogP contribution >= 0.6 is 0 Å². The minimum atomic E-state index is -4.55. The third-order valence-electron chi connectivity index (χ3n) is 3.89. The summed E-state index contributed by atoms with van der Waals surface area (Å²) in [5.41, 5.74) is 0. The molecule has 1 N–H and O–H groups in total. The quantitative estimate of drug-likeness (QED) is 0.836. The maximum atomic E-state index is 12.4. The van der Waals surface area contributed by atoms with Gasteiger partial charge in [0.05, 0.1) is 6.54 Å². The Hall–Kier alpha value is -0.820. The van der Waals surface area contributed by atoms with Gasteiger partial charge >= 0.3 is 6.18 Å². The number of amides is 1. The zero-order valence-electron chi connectivity index (χ0n) is 12.0. The highest BCUT2D eigenvalue weighted by Crippen LogP contribution is 2.31. The summed E-state index contributed by atoms with van der Waals surface area (Å²) >= 11 is 0. The Morgan fingerprint density at radius 3 is 2.20 bits per heavy atom. The molecule has 0 radical (unpaired) electrons. The van der Waals surface area contributed by atoms with E-state index in [0.717, 1.165) is 0 Å². The first-order valence-electron chi connectivity index (χ1n) is 7.04. The number of carbonyl (C=O) groups is 1. The Morgan fingerprint density at radius 2 is 1.80 bits per heavy atom. The van der Waals surface area contributed by atoms with Gasteiger partial charge in [-0.3, -0.25) is 9.69 Å². The van der Waals surface area contributed by atoms with E-state index in [-0.39, 0.29) is 25.3 Å². The van der Waals surface area contributed by atoms with Gasteiger partial charge in [0.2, 0.25) is 5.91 Å². The summed E-state index contributed by atoms with van der Waals surface area (Å²) in [5.74, 6) is -0.750. The summed E-state index contributed by atoms with van der Waals surface area (Å²) in [7, 11) is 0. The molecule has 1 aliphatic rings. The molecule has 0 aromatic rings. The van der Waals surface area contributed by atoms with Crippen molar-refractivity contribution in [2.24, 2.45) is 5.92 Å². The first-order chi connectivity index (χ1) is 9.29. The third kappa shape index (κ3) is 4.63. The number of hydrogen-bond acceptors (Lipinski definition) is 3. The Morgan fingerprint density at radius 1 is 1.30 bits per heavy atom. The van der Waals surface area contributed by atoms with Gasteiger partial charge in [0.1, 0.15) is 0 Å². The molecular weight excluding hydrogens is 273 g/mol. The van der Waals surface area contributed by atoms with E-state index < -0.39 is 18.2 Å². The number of likely N-dealkylation sites (tertiary alicyclic amines) is 1. The summed E-state index contributed by atoms with van der Waals surface area (Å²) < 4.78 is 37.2. The van der Waals surface area contributed by atoms with Gasteiger partial charge in [0.15, 0.2) is 6.10 Å². The van der Waals surface area contributed by atoms with Crippen molar-refractivity contribution in [3.63, 3.8) is 0 Å². The van der Waals surface area contributed by atoms with E-state index in [9.17, 15) is 23.1 Å². The molecule has 1 atom stereocenters. The van der Waals surface area contributed by atoms with Gasteiger partial charge in [0.25, 0.3) is 0 Å². The summed E-state index contributed by atoms with van der Waals surface area (Å²) in [6.45, 7) is 6.16. The number of piperidine rings is 1. The highest BCUT2D eigenvalue weighted by molar-refractivity contribution is 5.78. The number of likely N-dealkylation sites (N-methyl/N-ethyl adjacent to an activating group) is 1. The number of aliphatic hydroxyl groups excluding tert-OH is 1. The molecule has 20 heavy (non-hydrogen) atoms. The van der Waals surface area contributed by atoms with E-state index in [2.05, 4.69) is 0 Å². The Balaban J connectivity index is 2.41. The minimum Gasteiger partial charge on any atom is -0.383 e. The third-order valence-corrected chi connectivity index (χ3v) is 3.89. The lowest BCUT2D eigenvalue weighted by atomic mass is 9.91. The largest absolute Gasteiger partial charge is 0.414 e. The summed E-state index contributed by atoms with van der Waals surface area (Å²) in [6, 6.07) is 0. The number of rotatable bonds is 5. The molecule has 0 aromatic heterocycles. The van der Waals surface area contributed by atoms with Crippen molar-refractivity contribution in [2.45, 2.75) is 39.0 Å². The van der Waals surface area contributed by atoms with E-state index >= 15 is 0 Å². The zero-order chi connectivity index (χ0) is 15.3. The van der Waals surface area contributed by atoms with Crippen molar-refractivity contribution >= 4 is 5.91 Å². The van der Waals surface area contributed by atoms with Gasteiger partial charge in [-0.05, 0) is 45.7 Å². The van der Waals surface area contributed by atoms with Crippen LogP contribution in [0.1, 0.15) is 26.7 Å². The van der Waals surface area contributed by atoms with E-state index in [1.807, 2.05) is 18.7 Å². The van der Waals surface area contributed by atoms with Crippen LogP contribution in [0, 0.1) is 5.92 Å². The van der Waals surface area contributed by atoms with Crippen LogP contribution in [0.2, 0.25) is 0 Å². The molecule has 7 heteroatoms. The summed E-state index contributed by atoms with van der Waals surface area (Å²) in [6.07, 6.45) is -6.26. The van der Waals surface area contributed by atoms with E-state index in [0.29, 0.717) is 26.2 Å². The standard InChI is InChI=1S/C13H23F3N2O2/c1-3-18(4-2)11(19)9-17-7-5-10(6-8-17)12(20)13(14,15)16/h10,12,20H,3-9H2,1-2H3. The van der Waals surface area contributed by atoms with Crippen molar-refractivity contribution in [3.05, 3.63) is 0 Å². The number of alkyl halides is 3. The van der Waals surface area contributed by atoms with Crippen LogP contribution in [0.25, 0.3) is 0 Å². The zero-order valence-corrected chi connectivity index (χ0v) is 12.0. The maximum absolute atomic E-state index is 12.4. The van der Waals surface area contributed by atoms with Crippen LogP contribution in [-0.2, 0) is 4.79 Å². The first kappa shape index (κ1) is 17.2. The lowest BCUT2D eigenvalue weighted by molar-refractivity contribution is -0.223. The molecular formula is C13H23F3N2O2. The molecule has 1 unspecified atom stereocenters. The van der Waals surface area contributed by atoms with Crippen LogP contribution in [-0.4, -0.2) is 65.8 Å². The van der Waals surface area contributed by atoms with Crippen LogP contribution < -0.4 is 0 Å². The van der Waals surface area contributed by atoms with Gasteiger partial charge in [-0.25, -0.2) is 0 Å². The number of aliphatic hydroxyl groups is 1. The monoisotopic (exact) mass is 296 g/mol. The fraction of sp³-hybridized carbons (Fsp3) is 0.923. The number of halogens is 3.